The number of unbranched alkanes of at least 4 members (excludes halogenated alkanes) is 34. The fourth-order valence-corrected chi connectivity index (χ4v) is 9.56. The first-order chi connectivity index (χ1) is 39.0. The summed E-state index contributed by atoms with van der Waals surface area (Å²) in [6.07, 6.45) is 90.6. The molecule has 0 aliphatic heterocycles. The van der Waals surface area contributed by atoms with Gasteiger partial charge in [-0.3, -0.25) is 14.4 Å². The molecular formula is C73H126O6. The molecule has 0 saturated heterocycles. The van der Waals surface area contributed by atoms with Gasteiger partial charge in [0.05, 0.1) is 0 Å². The van der Waals surface area contributed by atoms with Gasteiger partial charge in [0.25, 0.3) is 0 Å². The second-order valence-corrected chi connectivity index (χ2v) is 22.4. The number of hydrogen-bond acceptors (Lipinski definition) is 6. The lowest BCUT2D eigenvalue weighted by molar-refractivity contribution is -0.166. The number of ether oxygens (including phenoxy) is 3. The van der Waals surface area contributed by atoms with Crippen LogP contribution >= 0.6 is 0 Å². The Labute approximate surface area is 489 Å². The molecular weight excluding hydrogens is 973 g/mol. The average Bonchev–Trinajstić information content (AvgIpc) is 3.45. The van der Waals surface area contributed by atoms with Crippen LogP contribution in [0.5, 0.6) is 0 Å². The van der Waals surface area contributed by atoms with Crippen molar-refractivity contribution in [3.8, 4) is 0 Å². The van der Waals surface area contributed by atoms with E-state index in [1.54, 1.807) is 0 Å². The third-order valence-electron chi connectivity index (χ3n) is 14.6. The number of rotatable bonds is 61. The van der Waals surface area contributed by atoms with E-state index in [1.807, 2.05) is 6.08 Å². The van der Waals surface area contributed by atoms with Crippen molar-refractivity contribution in [3.63, 3.8) is 0 Å². The maximum Gasteiger partial charge on any atom is 0.306 e. The van der Waals surface area contributed by atoms with Crippen molar-refractivity contribution in [2.45, 2.75) is 335 Å². The van der Waals surface area contributed by atoms with E-state index in [0.717, 1.165) is 83.5 Å². The van der Waals surface area contributed by atoms with Gasteiger partial charge in [0.15, 0.2) is 6.10 Å². The zero-order chi connectivity index (χ0) is 57.1. The molecule has 0 N–H and O–H groups in total. The van der Waals surface area contributed by atoms with Crippen molar-refractivity contribution in [3.05, 3.63) is 97.2 Å². The van der Waals surface area contributed by atoms with Gasteiger partial charge in [-0.25, -0.2) is 0 Å². The monoisotopic (exact) mass is 1100 g/mol. The zero-order valence-electron chi connectivity index (χ0n) is 52.1. The molecule has 0 spiro atoms. The maximum absolute atomic E-state index is 12.8. The predicted molar refractivity (Wildman–Crippen MR) is 344 cm³/mol. The first kappa shape index (κ1) is 75.3. The van der Waals surface area contributed by atoms with Crippen LogP contribution in [-0.2, 0) is 28.6 Å². The predicted octanol–water partition coefficient (Wildman–Crippen LogP) is 23.2. The Kier molecular flexibility index (Phi) is 63.7. The number of allylic oxidation sites excluding steroid dienone is 16. The van der Waals surface area contributed by atoms with Crippen molar-refractivity contribution in [1.82, 2.24) is 0 Å². The second kappa shape index (κ2) is 66.8. The largest absolute Gasteiger partial charge is 0.462 e. The minimum Gasteiger partial charge on any atom is -0.462 e. The molecule has 0 aromatic rings. The highest BCUT2D eigenvalue weighted by molar-refractivity contribution is 5.71. The SMILES string of the molecule is CC/C=C\C/C=C\C/C=C\C/C=C\C/C=C\C/C=C\CCC(=O)OC(COC(=O)CCCCCCCCC)COC(=O)CCCCCCCCCCCCCCCCCCCCCCCCC/C=C\C/C=C\CCCCCCC. The zero-order valence-corrected chi connectivity index (χ0v) is 52.1. The molecule has 6 nitrogen and oxygen atoms in total. The van der Waals surface area contributed by atoms with Crippen LogP contribution in [0.1, 0.15) is 329 Å². The number of carbonyl (C=O) groups excluding carboxylic acids is 3. The molecule has 0 amide bonds. The summed E-state index contributed by atoms with van der Waals surface area (Å²) < 4.78 is 16.8. The van der Waals surface area contributed by atoms with E-state index < -0.39 is 12.1 Å². The van der Waals surface area contributed by atoms with Gasteiger partial charge in [-0.2, -0.15) is 0 Å². The minimum absolute atomic E-state index is 0.104. The molecule has 454 valence electrons. The van der Waals surface area contributed by atoms with E-state index in [9.17, 15) is 14.4 Å². The molecule has 0 rings (SSSR count). The van der Waals surface area contributed by atoms with Gasteiger partial charge in [0.1, 0.15) is 13.2 Å². The van der Waals surface area contributed by atoms with E-state index in [2.05, 4.69) is 112 Å². The van der Waals surface area contributed by atoms with Crippen molar-refractivity contribution in [2.24, 2.45) is 0 Å². The molecule has 6 heteroatoms. The van der Waals surface area contributed by atoms with Gasteiger partial charge in [-0.05, 0) is 89.9 Å². The summed E-state index contributed by atoms with van der Waals surface area (Å²) in [4.78, 5) is 38.0. The van der Waals surface area contributed by atoms with E-state index >= 15 is 0 Å². The Hall–Kier alpha value is -3.67. The molecule has 1 unspecified atom stereocenters. The molecule has 0 aliphatic rings. The number of esters is 3. The molecule has 0 fully saturated rings. The van der Waals surface area contributed by atoms with E-state index in [1.165, 1.54) is 199 Å². The summed E-state index contributed by atoms with van der Waals surface area (Å²) in [6.45, 7) is 6.43. The standard InChI is InChI=1S/C73H126O6/c1-4-7-10-13-16-18-20-22-24-26-28-29-30-31-32-33-34-35-36-37-38-39-40-41-42-43-45-46-48-50-52-54-57-60-63-66-72(75)78-69-70(68-77-71(74)65-62-59-56-15-12-9-6-3)79-73(76)67-64-61-58-55-53-51-49-47-44-27-25-23-21-19-17-14-11-8-5-2/h8,11,17,19-20,22-23,25-26,28,44,47,51,53,58,61,70H,4-7,9-10,12-16,18,21,24,27,29-43,45-46,48-50,52,54-57,59-60,62-69H2,1-3H3/b11-8-,19-17-,22-20-,25-23-,28-26-,47-44-,53-51-,61-58-. The lowest BCUT2D eigenvalue weighted by atomic mass is 10.0. The average molecular weight is 1100 g/mol. The quantitative estimate of drug-likeness (QED) is 0.0261. The van der Waals surface area contributed by atoms with Crippen molar-refractivity contribution < 1.29 is 28.6 Å². The van der Waals surface area contributed by atoms with Crippen molar-refractivity contribution in [1.29, 1.82) is 0 Å². The fourth-order valence-electron chi connectivity index (χ4n) is 9.56. The molecule has 0 aromatic carbocycles. The van der Waals surface area contributed by atoms with E-state index in [0.29, 0.717) is 19.3 Å². The summed E-state index contributed by atoms with van der Waals surface area (Å²) in [5.41, 5.74) is 0. The highest BCUT2D eigenvalue weighted by Gasteiger charge is 2.19. The van der Waals surface area contributed by atoms with Crippen LogP contribution in [0.15, 0.2) is 97.2 Å². The molecule has 0 saturated carbocycles. The fraction of sp³-hybridized carbons (Fsp3) is 0.740. The van der Waals surface area contributed by atoms with Crippen LogP contribution in [0.3, 0.4) is 0 Å². The minimum atomic E-state index is -0.814. The Morgan fingerprint density at radius 1 is 0.266 bits per heavy atom. The van der Waals surface area contributed by atoms with Gasteiger partial charge in [0, 0.05) is 19.3 Å². The Morgan fingerprint density at radius 2 is 0.519 bits per heavy atom. The van der Waals surface area contributed by atoms with E-state index in [4.69, 9.17) is 14.2 Å². The summed E-state index contributed by atoms with van der Waals surface area (Å²) >= 11 is 0. The van der Waals surface area contributed by atoms with Crippen LogP contribution in [0.2, 0.25) is 0 Å². The topological polar surface area (TPSA) is 78.9 Å². The van der Waals surface area contributed by atoms with Gasteiger partial charge in [0.2, 0.25) is 0 Å². The molecule has 0 aliphatic carbocycles. The second-order valence-electron chi connectivity index (χ2n) is 22.4. The Bertz CT molecular complexity index is 1540. The van der Waals surface area contributed by atoms with Crippen LogP contribution in [0.4, 0.5) is 0 Å². The smallest absolute Gasteiger partial charge is 0.306 e. The van der Waals surface area contributed by atoms with Crippen LogP contribution in [-0.4, -0.2) is 37.2 Å². The summed E-state index contributed by atoms with van der Waals surface area (Å²) in [5.74, 6) is -0.987. The molecule has 0 radical (unpaired) electrons. The third-order valence-corrected chi connectivity index (χ3v) is 14.6. The van der Waals surface area contributed by atoms with Gasteiger partial charge < -0.3 is 14.2 Å². The number of hydrogen-bond donors (Lipinski definition) is 0. The normalized spacial score (nSPS) is 12.7. The maximum atomic E-state index is 12.8. The molecule has 0 aromatic heterocycles. The summed E-state index contributed by atoms with van der Waals surface area (Å²) in [5, 5.41) is 0. The lowest BCUT2D eigenvalue weighted by Gasteiger charge is -2.18. The van der Waals surface area contributed by atoms with Gasteiger partial charge >= 0.3 is 17.9 Å². The number of carbonyl (C=O) groups is 3. The summed E-state index contributed by atoms with van der Waals surface area (Å²) in [7, 11) is 0. The first-order valence-corrected chi connectivity index (χ1v) is 33.7. The Balaban J connectivity index is 4.04. The summed E-state index contributed by atoms with van der Waals surface area (Å²) in [6, 6.07) is 0. The van der Waals surface area contributed by atoms with Crippen LogP contribution in [0.25, 0.3) is 0 Å². The Morgan fingerprint density at radius 3 is 0.823 bits per heavy atom. The van der Waals surface area contributed by atoms with Gasteiger partial charge in [-0.15, -0.1) is 0 Å². The van der Waals surface area contributed by atoms with Crippen molar-refractivity contribution in [2.75, 3.05) is 13.2 Å². The van der Waals surface area contributed by atoms with Crippen molar-refractivity contribution >= 4 is 17.9 Å². The molecule has 0 heterocycles. The van der Waals surface area contributed by atoms with Gasteiger partial charge in [-0.1, -0.05) is 317 Å². The van der Waals surface area contributed by atoms with E-state index in [-0.39, 0.29) is 31.6 Å². The molecule has 79 heavy (non-hydrogen) atoms. The highest BCUT2D eigenvalue weighted by Crippen LogP contribution is 2.17. The highest BCUT2D eigenvalue weighted by atomic mass is 16.6. The first-order valence-electron chi connectivity index (χ1n) is 33.7. The molecule has 0 bridgehead atoms. The van der Waals surface area contributed by atoms with Crippen LogP contribution < -0.4 is 0 Å². The lowest BCUT2D eigenvalue weighted by Crippen LogP contribution is -2.30. The third kappa shape index (κ3) is 65.0. The molecule has 1 atom stereocenters. The van der Waals surface area contributed by atoms with Crippen LogP contribution in [0, 0.1) is 0 Å².